The topological polar surface area (TPSA) is 26.7 Å². The molecule has 1 N–H and O–H groups in total. The lowest BCUT2D eigenvalue weighted by Gasteiger charge is -2.22. The Morgan fingerprint density at radius 1 is 1.06 bits per heavy atom. The zero-order chi connectivity index (χ0) is 12.8. The summed E-state index contributed by atoms with van der Waals surface area (Å²) in [5.41, 5.74) is 2.19. The van der Waals surface area contributed by atoms with Crippen molar-refractivity contribution in [2.24, 2.45) is 0 Å². The van der Waals surface area contributed by atoms with Crippen molar-refractivity contribution < 1.29 is 5.11 Å². The van der Waals surface area contributed by atoms with Crippen LogP contribution in [-0.4, -0.2) is 44.2 Å². The maximum Gasteiger partial charge on any atom is 0.0787 e. The molecular weight excluding hydrogens is 212 g/mol. The monoisotopic (exact) mass is 236 g/mol. The van der Waals surface area contributed by atoms with Gasteiger partial charge in [-0.05, 0) is 38.2 Å². The summed E-state index contributed by atoms with van der Waals surface area (Å²) in [6, 6.07) is 8.17. The molecule has 1 aromatic rings. The standard InChI is InChI=1S/C14H24N2O/c1-5-14(17)12-6-8-13(9-7-12)16(4)11-10-15(2)3/h6-9,14,17H,5,10-11H2,1-4H3/t14-/m1/s1. The van der Waals surface area contributed by atoms with Crippen LogP contribution < -0.4 is 4.90 Å². The molecule has 0 saturated carbocycles. The lowest BCUT2D eigenvalue weighted by molar-refractivity contribution is 0.173. The van der Waals surface area contributed by atoms with Crippen molar-refractivity contribution in [1.82, 2.24) is 4.90 Å². The van der Waals surface area contributed by atoms with E-state index in [9.17, 15) is 5.11 Å². The molecule has 3 heteroatoms. The first-order valence-electron chi connectivity index (χ1n) is 6.18. The fourth-order valence-corrected chi connectivity index (χ4v) is 1.67. The Labute approximate surface area is 105 Å². The largest absolute Gasteiger partial charge is 0.388 e. The van der Waals surface area contributed by atoms with E-state index in [2.05, 4.69) is 43.1 Å². The van der Waals surface area contributed by atoms with Crippen LogP contribution in [-0.2, 0) is 0 Å². The molecule has 0 fully saturated rings. The molecule has 1 aromatic carbocycles. The quantitative estimate of drug-likeness (QED) is 0.819. The van der Waals surface area contributed by atoms with Gasteiger partial charge in [0.25, 0.3) is 0 Å². The molecule has 0 spiro atoms. The van der Waals surface area contributed by atoms with Gasteiger partial charge in [-0.1, -0.05) is 19.1 Å². The second kappa shape index (κ2) is 6.62. The maximum absolute atomic E-state index is 9.71. The van der Waals surface area contributed by atoms with Crippen LogP contribution in [0.5, 0.6) is 0 Å². The maximum atomic E-state index is 9.71. The predicted molar refractivity (Wildman–Crippen MR) is 73.5 cm³/mol. The normalized spacial score (nSPS) is 12.8. The Hall–Kier alpha value is -1.06. The van der Waals surface area contributed by atoms with Gasteiger partial charge in [0.1, 0.15) is 0 Å². The second-order valence-corrected chi connectivity index (χ2v) is 4.74. The molecule has 0 aromatic heterocycles. The molecule has 1 rings (SSSR count). The fourth-order valence-electron chi connectivity index (χ4n) is 1.67. The summed E-state index contributed by atoms with van der Waals surface area (Å²) in [5.74, 6) is 0. The predicted octanol–water partition coefficient (Wildman–Crippen LogP) is 2.13. The highest BCUT2D eigenvalue weighted by Crippen LogP contribution is 2.20. The van der Waals surface area contributed by atoms with Crippen LogP contribution in [0.3, 0.4) is 0 Å². The van der Waals surface area contributed by atoms with Crippen LogP contribution in [0.25, 0.3) is 0 Å². The minimum absolute atomic E-state index is 0.337. The highest BCUT2D eigenvalue weighted by molar-refractivity contribution is 5.47. The Morgan fingerprint density at radius 2 is 1.65 bits per heavy atom. The Balaban J connectivity index is 2.60. The zero-order valence-corrected chi connectivity index (χ0v) is 11.3. The average molecular weight is 236 g/mol. The molecule has 17 heavy (non-hydrogen) atoms. The van der Waals surface area contributed by atoms with Gasteiger partial charge in [-0.2, -0.15) is 0 Å². The number of benzene rings is 1. The number of likely N-dealkylation sites (N-methyl/N-ethyl adjacent to an activating group) is 2. The minimum Gasteiger partial charge on any atom is -0.388 e. The Morgan fingerprint density at radius 3 is 2.12 bits per heavy atom. The van der Waals surface area contributed by atoms with Crippen molar-refractivity contribution >= 4 is 5.69 Å². The van der Waals surface area contributed by atoms with Gasteiger partial charge >= 0.3 is 0 Å². The molecule has 0 radical (unpaired) electrons. The molecule has 0 aliphatic carbocycles. The van der Waals surface area contributed by atoms with Gasteiger partial charge in [0.05, 0.1) is 6.10 Å². The van der Waals surface area contributed by atoms with Crippen LogP contribution in [0.15, 0.2) is 24.3 Å². The van der Waals surface area contributed by atoms with E-state index in [1.54, 1.807) is 0 Å². The molecule has 0 unspecified atom stereocenters. The van der Waals surface area contributed by atoms with Crippen LogP contribution in [0, 0.1) is 0 Å². The van der Waals surface area contributed by atoms with Crippen molar-refractivity contribution in [2.45, 2.75) is 19.4 Å². The molecule has 3 nitrogen and oxygen atoms in total. The lowest BCUT2D eigenvalue weighted by atomic mass is 10.1. The first kappa shape index (κ1) is 14.0. The lowest BCUT2D eigenvalue weighted by Crippen LogP contribution is -2.28. The van der Waals surface area contributed by atoms with Crippen LogP contribution in [0.1, 0.15) is 25.0 Å². The number of anilines is 1. The SMILES string of the molecule is CC[C@@H](O)c1ccc(N(C)CCN(C)C)cc1. The summed E-state index contributed by atoms with van der Waals surface area (Å²) in [7, 11) is 6.25. The van der Waals surface area contributed by atoms with Crippen LogP contribution in [0.2, 0.25) is 0 Å². The Bertz CT molecular complexity index is 321. The number of hydrogen-bond acceptors (Lipinski definition) is 3. The zero-order valence-electron chi connectivity index (χ0n) is 11.3. The van der Waals surface area contributed by atoms with E-state index in [1.807, 2.05) is 19.1 Å². The van der Waals surface area contributed by atoms with Gasteiger partial charge in [0, 0.05) is 25.8 Å². The van der Waals surface area contributed by atoms with Gasteiger partial charge in [-0.25, -0.2) is 0 Å². The van der Waals surface area contributed by atoms with Gasteiger partial charge in [-0.3, -0.25) is 0 Å². The van der Waals surface area contributed by atoms with E-state index in [1.165, 1.54) is 5.69 Å². The highest BCUT2D eigenvalue weighted by Gasteiger charge is 2.06. The molecule has 0 aliphatic heterocycles. The molecule has 0 aliphatic rings. The molecule has 0 saturated heterocycles. The molecule has 0 heterocycles. The first-order chi connectivity index (χ1) is 8.04. The van der Waals surface area contributed by atoms with Crippen molar-refractivity contribution in [1.29, 1.82) is 0 Å². The summed E-state index contributed by atoms with van der Waals surface area (Å²) < 4.78 is 0. The molecule has 0 bridgehead atoms. The van der Waals surface area contributed by atoms with E-state index in [0.717, 1.165) is 25.1 Å². The first-order valence-corrected chi connectivity index (χ1v) is 6.18. The van der Waals surface area contributed by atoms with Gasteiger partial charge in [0.2, 0.25) is 0 Å². The third kappa shape index (κ3) is 4.36. The second-order valence-electron chi connectivity index (χ2n) is 4.74. The third-order valence-corrected chi connectivity index (χ3v) is 2.99. The summed E-state index contributed by atoms with van der Waals surface area (Å²) in [5, 5.41) is 9.71. The van der Waals surface area contributed by atoms with E-state index in [-0.39, 0.29) is 6.10 Å². The van der Waals surface area contributed by atoms with Gasteiger partial charge < -0.3 is 14.9 Å². The minimum atomic E-state index is -0.337. The smallest absolute Gasteiger partial charge is 0.0787 e. The Kier molecular flexibility index (Phi) is 5.45. The van der Waals surface area contributed by atoms with Crippen molar-refractivity contribution in [3.05, 3.63) is 29.8 Å². The molecular formula is C14H24N2O. The van der Waals surface area contributed by atoms with E-state index >= 15 is 0 Å². The third-order valence-electron chi connectivity index (χ3n) is 2.99. The van der Waals surface area contributed by atoms with Crippen molar-refractivity contribution in [2.75, 3.05) is 39.1 Å². The van der Waals surface area contributed by atoms with E-state index in [0.29, 0.717) is 0 Å². The van der Waals surface area contributed by atoms with Crippen LogP contribution >= 0.6 is 0 Å². The fraction of sp³-hybridized carbons (Fsp3) is 0.571. The van der Waals surface area contributed by atoms with Crippen molar-refractivity contribution in [3.8, 4) is 0 Å². The molecule has 96 valence electrons. The average Bonchev–Trinajstić information content (AvgIpc) is 2.35. The van der Waals surface area contributed by atoms with E-state index < -0.39 is 0 Å². The van der Waals surface area contributed by atoms with Gasteiger partial charge in [0.15, 0.2) is 0 Å². The van der Waals surface area contributed by atoms with Gasteiger partial charge in [-0.15, -0.1) is 0 Å². The summed E-state index contributed by atoms with van der Waals surface area (Å²) in [4.78, 5) is 4.40. The highest BCUT2D eigenvalue weighted by atomic mass is 16.3. The number of aliphatic hydroxyl groups is 1. The van der Waals surface area contributed by atoms with E-state index in [4.69, 9.17) is 0 Å². The number of hydrogen-bond donors (Lipinski definition) is 1. The van der Waals surface area contributed by atoms with Crippen LogP contribution in [0.4, 0.5) is 5.69 Å². The number of rotatable bonds is 6. The summed E-state index contributed by atoms with van der Waals surface area (Å²) in [6.45, 7) is 4.03. The summed E-state index contributed by atoms with van der Waals surface area (Å²) >= 11 is 0. The molecule has 0 amide bonds. The number of nitrogens with zero attached hydrogens (tertiary/aromatic N) is 2. The summed E-state index contributed by atoms with van der Waals surface area (Å²) in [6.07, 6.45) is 0.423. The molecule has 1 atom stereocenters. The van der Waals surface area contributed by atoms with Crippen molar-refractivity contribution in [3.63, 3.8) is 0 Å². The number of aliphatic hydroxyl groups excluding tert-OH is 1.